The van der Waals surface area contributed by atoms with Gasteiger partial charge >= 0.3 is 6.36 Å². The lowest BCUT2D eigenvalue weighted by molar-refractivity contribution is -0.274. The van der Waals surface area contributed by atoms with E-state index in [1.807, 2.05) is 0 Å². The van der Waals surface area contributed by atoms with Gasteiger partial charge in [0.25, 0.3) is 0 Å². The summed E-state index contributed by atoms with van der Waals surface area (Å²) < 4.78 is 58.9. The lowest BCUT2D eigenvalue weighted by atomic mass is 9.96. The third-order valence-electron chi connectivity index (χ3n) is 3.25. The molecule has 0 radical (unpaired) electrons. The maximum absolute atomic E-state index is 13.2. The molecule has 2 aliphatic heterocycles. The Labute approximate surface area is 106 Å². The number of nitrogens with one attached hydrogen (secondary N) is 1. The zero-order valence-electron chi connectivity index (χ0n) is 9.71. The molecule has 1 N–H and O–H groups in total. The molecule has 1 aromatic rings. The highest BCUT2D eigenvalue weighted by molar-refractivity contribution is 5.46. The Morgan fingerprint density at radius 1 is 1.32 bits per heavy atom. The van der Waals surface area contributed by atoms with Crippen LogP contribution in [0.3, 0.4) is 0 Å². The first-order valence-corrected chi connectivity index (χ1v) is 5.86. The molecular weight excluding hydrogens is 266 g/mol. The van der Waals surface area contributed by atoms with Crippen molar-refractivity contribution in [3.63, 3.8) is 0 Å². The molecule has 3 rings (SSSR count). The Morgan fingerprint density at radius 2 is 2.11 bits per heavy atom. The van der Waals surface area contributed by atoms with E-state index in [0.29, 0.717) is 5.75 Å². The first kappa shape index (κ1) is 12.5. The third kappa shape index (κ3) is 2.47. The Kier molecular flexibility index (Phi) is 2.81. The molecular formula is C12H11F4NO2. The van der Waals surface area contributed by atoms with Crippen LogP contribution in [0, 0.1) is 0 Å². The molecule has 104 valence electrons. The molecule has 0 saturated carbocycles. The summed E-state index contributed by atoms with van der Waals surface area (Å²) in [6, 6.07) is 3.78. The summed E-state index contributed by atoms with van der Waals surface area (Å²) >= 11 is 0. The first-order chi connectivity index (χ1) is 8.92. The van der Waals surface area contributed by atoms with Crippen LogP contribution in [-0.4, -0.2) is 25.2 Å². The highest BCUT2D eigenvalue weighted by Crippen LogP contribution is 2.42. The molecule has 2 heterocycles. The second-order valence-corrected chi connectivity index (χ2v) is 4.62. The van der Waals surface area contributed by atoms with Crippen LogP contribution in [0.4, 0.5) is 17.6 Å². The largest absolute Gasteiger partial charge is 0.573 e. The van der Waals surface area contributed by atoms with E-state index in [2.05, 4.69) is 10.1 Å². The lowest BCUT2D eigenvalue weighted by Gasteiger charge is -2.27. The van der Waals surface area contributed by atoms with E-state index in [4.69, 9.17) is 4.74 Å². The molecule has 3 nitrogen and oxygen atoms in total. The van der Waals surface area contributed by atoms with E-state index in [1.54, 1.807) is 0 Å². The van der Waals surface area contributed by atoms with Crippen molar-refractivity contribution < 1.29 is 27.0 Å². The van der Waals surface area contributed by atoms with Crippen LogP contribution in [0.25, 0.3) is 0 Å². The molecule has 0 aliphatic carbocycles. The van der Waals surface area contributed by atoms with Gasteiger partial charge < -0.3 is 14.8 Å². The fraction of sp³-hybridized carbons (Fsp3) is 0.500. The average Bonchev–Trinajstić information content (AvgIpc) is 2.62. The Hall–Kier alpha value is -1.50. The highest BCUT2D eigenvalue weighted by atomic mass is 19.4. The van der Waals surface area contributed by atoms with Gasteiger partial charge in [-0.05, 0) is 12.1 Å². The number of benzene rings is 1. The van der Waals surface area contributed by atoms with Gasteiger partial charge in [0.15, 0.2) is 0 Å². The van der Waals surface area contributed by atoms with Crippen LogP contribution in [0.15, 0.2) is 18.2 Å². The van der Waals surface area contributed by atoms with Crippen LogP contribution in [-0.2, 0) is 0 Å². The van der Waals surface area contributed by atoms with Crippen molar-refractivity contribution in [2.45, 2.75) is 31.1 Å². The van der Waals surface area contributed by atoms with Crippen molar-refractivity contribution in [3.05, 3.63) is 23.8 Å². The van der Waals surface area contributed by atoms with Crippen LogP contribution >= 0.6 is 0 Å². The molecule has 1 saturated heterocycles. The summed E-state index contributed by atoms with van der Waals surface area (Å²) in [5.41, 5.74) is 0.742. The van der Waals surface area contributed by atoms with E-state index in [1.165, 1.54) is 18.2 Å². The molecule has 1 fully saturated rings. The number of hydrogen-bond acceptors (Lipinski definition) is 3. The van der Waals surface area contributed by atoms with Crippen molar-refractivity contribution in [2.75, 3.05) is 6.54 Å². The molecule has 0 amide bonds. The van der Waals surface area contributed by atoms with Gasteiger partial charge in [-0.25, -0.2) is 4.39 Å². The van der Waals surface area contributed by atoms with Gasteiger partial charge in [0, 0.05) is 24.6 Å². The van der Waals surface area contributed by atoms with Gasteiger partial charge in [0.05, 0.1) is 6.04 Å². The Balaban J connectivity index is 1.83. The fourth-order valence-corrected chi connectivity index (χ4v) is 2.52. The normalized spacial score (nSPS) is 29.4. The number of halogens is 4. The van der Waals surface area contributed by atoms with Gasteiger partial charge in [-0.2, -0.15) is 0 Å². The fourth-order valence-electron chi connectivity index (χ4n) is 2.52. The van der Waals surface area contributed by atoms with Crippen molar-refractivity contribution in [1.82, 2.24) is 5.32 Å². The highest BCUT2D eigenvalue weighted by Gasteiger charge is 2.40. The Bertz CT molecular complexity index is 491. The predicted molar refractivity (Wildman–Crippen MR) is 57.8 cm³/mol. The van der Waals surface area contributed by atoms with Gasteiger partial charge in [-0.15, -0.1) is 13.2 Å². The second kappa shape index (κ2) is 4.26. The maximum atomic E-state index is 13.2. The van der Waals surface area contributed by atoms with E-state index < -0.39 is 12.5 Å². The lowest BCUT2D eigenvalue weighted by Crippen LogP contribution is -2.42. The smallest absolute Gasteiger partial charge is 0.488 e. The minimum Gasteiger partial charge on any atom is -0.488 e. The second-order valence-electron chi connectivity index (χ2n) is 4.62. The van der Waals surface area contributed by atoms with Gasteiger partial charge in [-0.3, -0.25) is 0 Å². The molecule has 19 heavy (non-hydrogen) atoms. The Morgan fingerprint density at radius 3 is 2.84 bits per heavy atom. The minimum absolute atomic E-state index is 0.165. The van der Waals surface area contributed by atoms with Crippen LogP contribution in [0.1, 0.15) is 18.0 Å². The van der Waals surface area contributed by atoms with Gasteiger partial charge in [-0.1, -0.05) is 0 Å². The number of hydrogen-bond donors (Lipinski definition) is 1. The predicted octanol–water partition coefficient (Wildman–Crippen LogP) is 2.72. The summed E-state index contributed by atoms with van der Waals surface area (Å²) in [4.78, 5) is 0. The zero-order valence-corrected chi connectivity index (χ0v) is 9.71. The van der Waals surface area contributed by atoms with Crippen LogP contribution in [0.5, 0.6) is 11.5 Å². The number of piperidine rings is 1. The van der Waals surface area contributed by atoms with Crippen molar-refractivity contribution in [3.8, 4) is 11.5 Å². The summed E-state index contributed by atoms with van der Waals surface area (Å²) in [5, 5.41) is 2.99. The molecule has 2 unspecified atom stereocenters. The number of rotatable bonds is 1. The van der Waals surface area contributed by atoms with Crippen molar-refractivity contribution >= 4 is 0 Å². The molecule has 0 spiro atoms. The first-order valence-electron chi connectivity index (χ1n) is 5.86. The zero-order chi connectivity index (χ0) is 13.6. The molecule has 7 heteroatoms. The van der Waals surface area contributed by atoms with E-state index in [9.17, 15) is 17.6 Å². The number of alkyl halides is 4. The third-order valence-corrected chi connectivity index (χ3v) is 3.25. The quantitative estimate of drug-likeness (QED) is 0.801. The topological polar surface area (TPSA) is 30.5 Å². The van der Waals surface area contributed by atoms with Gasteiger partial charge in [0.2, 0.25) is 0 Å². The van der Waals surface area contributed by atoms with E-state index >= 15 is 0 Å². The molecule has 0 aromatic heterocycles. The van der Waals surface area contributed by atoms with Gasteiger partial charge in [0.1, 0.15) is 23.8 Å². The van der Waals surface area contributed by atoms with Crippen LogP contribution in [0.2, 0.25) is 0 Å². The number of fused-ring (bicyclic) bond motifs is 3. The molecule has 2 aliphatic rings. The van der Waals surface area contributed by atoms with Crippen molar-refractivity contribution in [2.24, 2.45) is 0 Å². The summed E-state index contributed by atoms with van der Waals surface area (Å²) in [6.07, 6.45) is -5.87. The SMILES string of the molecule is F[C@H]1CNC2c3ccc(OC(F)(F)F)cc3OC2C1. The molecule has 0 bridgehead atoms. The molecule has 1 aromatic carbocycles. The van der Waals surface area contributed by atoms with E-state index in [-0.39, 0.29) is 30.9 Å². The standard InChI is InChI=1S/C12H11F4NO2/c13-6-3-10-11(17-5-6)8-2-1-7(4-9(8)18-10)19-12(14,15)16/h1-2,4,6,10-11,17H,3,5H2/t6-,10?,11?/m1/s1. The number of ether oxygens (including phenoxy) is 2. The molecule has 3 atom stereocenters. The maximum Gasteiger partial charge on any atom is 0.573 e. The summed E-state index contributed by atoms with van der Waals surface area (Å²) in [5.74, 6) is -0.0138. The van der Waals surface area contributed by atoms with Crippen LogP contribution < -0.4 is 14.8 Å². The average molecular weight is 277 g/mol. The van der Waals surface area contributed by atoms with Crippen molar-refractivity contribution in [1.29, 1.82) is 0 Å². The summed E-state index contributed by atoms with van der Waals surface area (Å²) in [7, 11) is 0. The van der Waals surface area contributed by atoms with E-state index in [0.717, 1.165) is 5.56 Å². The monoisotopic (exact) mass is 277 g/mol. The minimum atomic E-state index is -4.73. The summed E-state index contributed by atoms with van der Waals surface area (Å²) in [6.45, 7) is 0.227.